The molecule has 0 aromatic heterocycles. The van der Waals surface area contributed by atoms with E-state index in [0.717, 1.165) is 5.56 Å². The van der Waals surface area contributed by atoms with Crippen molar-refractivity contribution in [1.29, 1.82) is 0 Å². The Balaban J connectivity index is 1.93. The molecule has 0 radical (unpaired) electrons. The van der Waals surface area contributed by atoms with Crippen LogP contribution in [0.15, 0.2) is 18.2 Å². The van der Waals surface area contributed by atoms with E-state index in [1.165, 1.54) is 0 Å². The molecule has 0 bridgehead atoms. The molecule has 1 fully saturated rings. The first-order valence-corrected chi connectivity index (χ1v) is 7.83. The quantitative estimate of drug-likeness (QED) is 0.888. The summed E-state index contributed by atoms with van der Waals surface area (Å²) in [6.07, 6.45) is -0.703. The van der Waals surface area contributed by atoms with Crippen LogP contribution in [0.3, 0.4) is 0 Å². The van der Waals surface area contributed by atoms with Gasteiger partial charge in [0.05, 0.1) is 23.2 Å². The van der Waals surface area contributed by atoms with E-state index in [0.29, 0.717) is 16.6 Å². The Hall–Kier alpha value is -0.880. The minimum Gasteiger partial charge on any atom is -0.395 e. The molecule has 2 atom stereocenters. The number of halogens is 3. The topological polar surface area (TPSA) is 43.8 Å². The third-order valence-corrected chi connectivity index (χ3v) is 4.59. The Labute approximate surface area is 139 Å². The highest BCUT2D eigenvalue weighted by atomic mass is 35.5. The van der Waals surface area contributed by atoms with Crippen LogP contribution in [0.2, 0.25) is 10.0 Å². The molecular formula is C15H19Cl2FN2O2. The van der Waals surface area contributed by atoms with Crippen molar-refractivity contribution in [2.75, 3.05) is 26.7 Å². The van der Waals surface area contributed by atoms with Gasteiger partial charge in [-0.1, -0.05) is 29.3 Å². The Morgan fingerprint density at radius 2 is 2.18 bits per heavy atom. The number of aliphatic hydroxyl groups is 1. The summed E-state index contributed by atoms with van der Waals surface area (Å²) in [6.45, 7) is 0.553. The van der Waals surface area contributed by atoms with Gasteiger partial charge in [0.2, 0.25) is 5.91 Å². The van der Waals surface area contributed by atoms with Gasteiger partial charge >= 0.3 is 0 Å². The Bertz CT molecular complexity index is 544. The van der Waals surface area contributed by atoms with Crippen LogP contribution in [-0.4, -0.2) is 59.8 Å². The molecular weight excluding hydrogens is 330 g/mol. The van der Waals surface area contributed by atoms with Crippen LogP contribution in [0.1, 0.15) is 12.0 Å². The normalized spacial score (nSPS) is 22.0. The van der Waals surface area contributed by atoms with E-state index in [1.54, 1.807) is 29.0 Å². The minimum atomic E-state index is -0.981. The zero-order valence-electron chi connectivity index (χ0n) is 12.3. The molecule has 0 spiro atoms. The van der Waals surface area contributed by atoms with E-state index < -0.39 is 6.17 Å². The van der Waals surface area contributed by atoms with Crippen molar-refractivity contribution >= 4 is 29.1 Å². The number of hydrogen-bond acceptors (Lipinski definition) is 3. The summed E-state index contributed by atoms with van der Waals surface area (Å²) >= 11 is 11.8. The van der Waals surface area contributed by atoms with Crippen LogP contribution >= 0.6 is 23.2 Å². The van der Waals surface area contributed by atoms with Crippen molar-refractivity contribution in [3.05, 3.63) is 33.8 Å². The molecule has 122 valence electrons. The number of amides is 1. The van der Waals surface area contributed by atoms with Gasteiger partial charge in [-0.3, -0.25) is 9.69 Å². The summed E-state index contributed by atoms with van der Waals surface area (Å²) < 4.78 is 13.4. The maximum absolute atomic E-state index is 13.4. The first-order valence-electron chi connectivity index (χ1n) is 7.07. The lowest BCUT2D eigenvalue weighted by atomic mass is 10.2. The lowest BCUT2D eigenvalue weighted by molar-refractivity contribution is -0.132. The molecule has 1 N–H and O–H groups in total. The van der Waals surface area contributed by atoms with Crippen molar-refractivity contribution in [1.82, 2.24) is 9.80 Å². The zero-order valence-corrected chi connectivity index (χ0v) is 13.8. The van der Waals surface area contributed by atoms with Crippen LogP contribution in [0.5, 0.6) is 0 Å². The lowest BCUT2D eigenvalue weighted by Gasteiger charge is -2.25. The van der Waals surface area contributed by atoms with Gasteiger partial charge in [0.15, 0.2) is 0 Å². The second-order valence-corrected chi connectivity index (χ2v) is 6.41. The van der Waals surface area contributed by atoms with E-state index in [1.807, 2.05) is 6.07 Å². The van der Waals surface area contributed by atoms with Crippen molar-refractivity contribution < 1.29 is 14.3 Å². The number of likely N-dealkylation sites (tertiary alicyclic amines) is 1. The molecule has 0 unspecified atom stereocenters. The summed E-state index contributed by atoms with van der Waals surface area (Å²) in [5, 5.41) is 10.2. The largest absolute Gasteiger partial charge is 0.395 e. The SMILES string of the molecule is CN(Cc1ccc(Cl)c(Cl)c1)C(=O)CN1C[C@@H](F)C[C@H]1CO. The van der Waals surface area contributed by atoms with Gasteiger partial charge in [0, 0.05) is 26.2 Å². The van der Waals surface area contributed by atoms with Crippen molar-refractivity contribution in [2.45, 2.75) is 25.2 Å². The fourth-order valence-electron chi connectivity index (χ4n) is 2.60. The van der Waals surface area contributed by atoms with Gasteiger partial charge in [-0.15, -0.1) is 0 Å². The Kier molecular flexibility index (Phi) is 6.03. The second-order valence-electron chi connectivity index (χ2n) is 5.60. The number of hydrogen-bond donors (Lipinski definition) is 1. The summed E-state index contributed by atoms with van der Waals surface area (Å²) in [7, 11) is 1.68. The van der Waals surface area contributed by atoms with Crippen LogP contribution in [0.4, 0.5) is 4.39 Å². The second kappa shape index (κ2) is 7.59. The highest BCUT2D eigenvalue weighted by Crippen LogP contribution is 2.23. The van der Waals surface area contributed by atoms with Gasteiger partial charge in [-0.05, 0) is 24.1 Å². The molecule has 0 aliphatic carbocycles. The molecule has 0 saturated carbocycles. The van der Waals surface area contributed by atoms with E-state index in [4.69, 9.17) is 23.2 Å². The standard InChI is InChI=1S/C15H19Cl2FN2O2/c1-19(6-10-2-3-13(16)14(17)4-10)15(22)8-20-7-11(18)5-12(20)9-21/h2-4,11-12,21H,5-9H2,1H3/t11-,12-/m0/s1. The molecule has 7 heteroatoms. The number of carbonyl (C=O) groups is 1. The molecule has 4 nitrogen and oxygen atoms in total. The monoisotopic (exact) mass is 348 g/mol. The molecule has 2 rings (SSSR count). The molecule has 1 heterocycles. The minimum absolute atomic E-state index is 0.101. The van der Waals surface area contributed by atoms with Gasteiger partial charge < -0.3 is 10.0 Å². The maximum Gasteiger partial charge on any atom is 0.236 e. The Morgan fingerprint density at radius 1 is 1.45 bits per heavy atom. The van der Waals surface area contributed by atoms with E-state index in [-0.39, 0.29) is 38.1 Å². The third kappa shape index (κ3) is 4.32. The van der Waals surface area contributed by atoms with Crippen molar-refractivity contribution in [3.63, 3.8) is 0 Å². The van der Waals surface area contributed by atoms with E-state index >= 15 is 0 Å². The summed E-state index contributed by atoms with van der Waals surface area (Å²) in [5.74, 6) is -0.126. The predicted octanol–water partition coefficient (Wildman–Crippen LogP) is 2.36. The number of carbonyl (C=O) groups excluding carboxylic acids is 1. The number of rotatable bonds is 5. The van der Waals surface area contributed by atoms with E-state index in [9.17, 15) is 14.3 Å². The summed E-state index contributed by atoms with van der Waals surface area (Å²) in [5.41, 5.74) is 0.869. The third-order valence-electron chi connectivity index (χ3n) is 3.86. The first-order chi connectivity index (χ1) is 10.4. The van der Waals surface area contributed by atoms with Gasteiger partial charge in [-0.25, -0.2) is 4.39 Å². The molecule has 1 aromatic rings. The average molecular weight is 349 g/mol. The number of likely N-dealkylation sites (N-methyl/N-ethyl adjacent to an activating group) is 1. The highest BCUT2D eigenvalue weighted by Gasteiger charge is 2.33. The summed E-state index contributed by atoms with van der Waals surface area (Å²) in [4.78, 5) is 15.5. The number of nitrogens with zero attached hydrogens (tertiary/aromatic N) is 2. The maximum atomic E-state index is 13.4. The smallest absolute Gasteiger partial charge is 0.236 e. The van der Waals surface area contributed by atoms with Crippen LogP contribution < -0.4 is 0 Å². The van der Waals surface area contributed by atoms with Gasteiger partial charge in [0.25, 0.3) is 0 Å². The molecule has 1 aliphatic rings. The van der Waals surface area contributed by atoms with Gasteiger partial charge in [0.1, 0.15) is 6.17 Å². The van der Waals surface area contributed by atoms with Crippen LogP contribution in [0.25, 0.3) is 0 Å². The molecule has 1 amide bonds. The van der Waals surface area contributed by atoms with E-state index in [2.05, 4.69) is 0 Å². The fraction of sp³-hybridized carbons (Fsp3) is 0.533. The number of aliphatic hydroxyl groups excluding tert-OH is 1. The molecule has 22 heavy (non-hydrogen) atoms. The predicted molar refractivity (Wildman–Crippen MR) is 84.9 cm³/mol. The van der Waals surface area contributed by atoms with Crippen LogP contribution in [0, 0.1) is 0 Å². The fourth-order valence-corrected chi connectivity index (χ4v) is 2.92. The lowest BCUT2D eigenvalue weighted by Crippen LogP contribution is -2.41. The molecule has 1 saturated heterocycles. The van der Waals surface area contributed by atoms with Crippen molar-refractivity contribution in [3.8, 4) is 0 Å². The Morgan fingerprint density at radius 3 is 2.82 bits per heavy atom. The number of benzene rings is 1. The molecule has 1 aromatic carbocycles. The van der Waals surface area contributed by atoms with Gasteiger partial charge in [-0.2, -0.15) is 0 Å². The first kappa shape index (κ1) is 17.5. The zero-order chi connectivity index (χ0) is 16.3. The molecule has 1 aliphatic heterocycles. The van der Waals surface area contributed by atoms with Crippen LogP contribution in [-0.2, 0) is 11.3 Å². The highest BCUT2D eigenvalue weighted by molar-refractivity contribution is 6.42. The van der Waals surface area contributed by atoms with Crippen molar-refractivity contribution in [2.24, 2.45) is 0 Å². The number of alkyl halides is 1. The average Bonchev–Trinajstić information content (AvgIpc) is 2.82. The summed E-state index contributed by atoms with van der Waals surface area (Å²) in [6, 6.07) is 4.94.